The van der Waals surface area contributed by atoms with Gasteiger partial charge in [-0.3, -0.25) is 4.99 Å². The molecule has 3 rings (SSSR count). The van der Waals surface area contributed by atoms with Gasteiger partial charge in [0.15, 0.2) is 0 Å². The van der Waals surface area contributed by atoms with Gasteiger partial charge in [0.1, 0.15) is 5.84 Å². The van der Waals surface area contributed by atoms with Crippen molar-refractivity contribution in [2.45, 2.75) is 58.8 Å². The van der Waals surface area contributed by atoms with Crippen LogP contribution in [0.5, 0.6) is 0 Å². The zero-order chi connectivity index (χ0) is 16.8. The number of hydrogen-bond acceptors (Lipinski definition) is 4. The first-order chi connectivity index (χ1) is 10.7. The van der Waals surface area contributed by atoms with Crippen molar-refractivity contribution in [3.8, 4) is 0 Å². The van der Waals surface area contributed by atoms with Crippen LogP contribution < -0.4 is 10.8 Å². The lowest BCUT2D eigenvalue weighted by atomic mass is 9.79. The normalized spacial score (nSPS) is 25.7. The Morgan fingerprint density at radius 3 is 2.13 bits per heavy atom. The SMILES string of the molecule is CC1=CC(C)N=C(c2ccc(B3OC(C)(C)C(C)(C)O3)cc2)N1. The Labute approximate surface area is 139 Å². The predicted molar refractivity (Wildman–Crippen MR) is 95.0 cm³/mol. The number of rotatable bonds is 2. The number of hydrogen-bond donors (Lipinski definition) is 1. The molecule has 0 bridgehead atoms. The highest BCUT2D eigenvalue weighted by molar-refractivity contribution is 6.62. The fraction of sp³-hybridized carbons (Fsp3) is 0.500. The second kappa shape index (κ2) is 5.50. The minimum Gasteiger partial charge on any atom is -0.399 e. The van der Waals surface area contributed by atoms with E-state index in [9.17, 15) is 0 Å². The largest absolute Gasteiger partial charge is 0.494 e. The maximum Gasteiger partial charge on any atom is 0.494 e. The summed E-state index contributed by atoms with van der Waals surface area (Å²) >= 11 is 0. The monoisotopic (exact) mass is 312 g/mol. The third kappa shape index (κ3) is 3.08. The fourth-order valence-corrected chi connectivity index (χ4v) is 2.79. The third-order valence-electron chi connectivity index (χ3n) is 4.85. The number of benzene rings is 1. The van der Waals surface area contributed by atoms with E-state index in [1.54, 1.807) is 0 Å². The van der Waals surface area contributed by atoms with Crippen LogP contribution in [0.25, 0.3) is 0 Å². The first-order valence-electron chi connectivity index (χ1n) is 8.17. The van der Waals surface area contributed by atoms with E-state index in [2.05, 4.69) is 82.2 Å². The number of allylic oxidation sites excluding steroid dienone is 1. The quantitative estimate of drug-likeness (QED) is 0.854. The molecule has 23 heavy (non-hydrogen) atoms. The van der Waals surface area contributed by atoms with E-state index < -0.39 is 0 Å². The third-order valence-corrected chi connectivity index (χ3v) is 4.85. The van der Waals surface area contributed by atoms with Crippen LogP contribution in [-0.2, 0) is 9.31 Å². The average molecular weight is 312 g/mol. The second-order valence-electron chi connectivity index (χ2n) is 7.40. The van der Waals surface area contributed by atoms with Gasteiger partial charge in [0.25, 0.3) is 0 Å². The first-order valence-corrected chi connectivity index (χ1v) is 8.17. The van der Waals surface area contributed by atoms with E-state index in [1.807, 2.05) is 0 Å². The molecular weight excluding hydrogens is 287 g/mol. The zero-order valence-electron chi connectivity index (χ0n) is 14.8. The molecule has 1 unspecified atom stereocenters. The van der Waals surface area contributed by atoms with Crippen LogP contribution in [-0.4, -0.2) is 30.2 Å². The lowest BCUT2D eigenvalue weighted by molar-refractivity contribution is 0.00578. The summed E-state index contributed by atoms with van der Waals surface area (Å²) in [6.07, 6.45) is 2.11. The van der Waals surface area contributed by atoms with Gasteiger partial charge >= 0.3 is 7.12 Å². The maximum atomic E-state index is 6.09. The van der Waals surface area contributed by atoms with E-state index in [-0.39, 0.29) is 24.4 Å². The van der Waals surface area contributed by atoms with E-state index in [1.165, 1.54) is 0 Å². The molecule has 1 fully saturated rings. The molecule has 0 spiro atoms. The first kappa shape index (κ1) is 16.3. The summed E-state index contributed by atoms with van der Waals surface area (Å²) in [5.74, 6) is 0.915. The number of nitrogens with one attached hydrogen (secondary N) is 1. The van der Waals surface area contributed by atoms with E-state index in [0.717, 1.165) is 22.6 Å². The topological polar surface area (TPSA) is 42.9 Å². The average Bonchev–Trinajstić information content (AvgIpc) is 2.66. The van der Waals surface area contributed by atoms with Gasteiger partial charge in [-0.25, -0.2) is 0 Å². The fourth-order valence-electron chi connectivity index (χ4n) is 2.79. The molecular formula is C18H25BN2O2. The Morgan fingerprint density at radius 1 is 1.04 bits per heavy atom. The molecule has 1 aromatic rings. The van der Waals surface area contributed by atoms with Crippen molar-refractivity contribution >= 4 is 18.4 Å². The van der Waals surface area contributed by atoms with Crippen molar-refractivity contribution < 1.29 is 9.31 Å². The van der Waals surface area contributed by atoms with Gasteiger partial charge in [0.05, 0.1) is 17.2 Å². The molecule has 2 heterocycles. The summed E-state index contributed by atoms with van der Waals surface area (Å²) in [4.78, 5) is 4.64. The molecule has 5 heteroatoms. The molecule has 1 aromatic carbocycles. The van der Waals surface area contributed by atoms with Crippen molar-refractivity contribution in [2.24, 2.45) is 4.99 Å². The summed E-state index contributed by atoms with van der Waals surface area (Å²) in [7, 11) is -0.323. The summed E-state index contributed by atoms with van der Waals surface area (Å²) in [5.41, 5.74) is 2.61. The molecule has 122 valence electrons. The van der Waals surface area contributed by atoms with Gasteiger partial charge < -0.3 is 14.6 Å². The lowest BCUT2D eigenvalue weighted by Gasteiger charge is -2.32. The maximum absolute atomic E-state index is 6.09. The smallest absolute Gasteiger partial charge is 0.399 e. The van der Waals surface area contributed by atoms with Crippen LogP contribution in [0, 0.1) is 0 Å². The Kier molecular flexibility index (Phi) is 3.89. The molecule has 0 saturated carbocycles. The number of nitrogens with zero attached hydrogens (tertiary/aromatic N) is 1. The molecule has 4 nitrogen and oxygen atoms in total. The van der Waals surface area contributed by atoms with Crippen LogP contribution in [0.2, 0.25) is 0 Å². The van der Waals surface area contributed by atoms with Crippen molar-refractivity contribution in [1.82, 2.24) is 5.32 Å². The summed E-state index contributed by atoms with van der Waals surface area (Å²) < 4.78 is 12.2. The highest BCUT2D eigenvalue weighted by Crippen LogP contribution is 2.36. The van der Waals surface area contributed by atoms with Crippen LogP contribution >= 0.6 is 0 Å². The summed E-state index contributed by atoms with van der Waals surface area (Å²) in [5, 5.41) is 3.33. The molecule has 1 N–H and O–H groups in total. The Balaban J connectivity index is 1.79. The Bertz CT molecular complexity index is 646. The molecule has 0 aliphatic carbocycles. The minimum absolute atomic E-state index is 0.203. The van der Waals surface area contributed by atoms with Crippen LogP contribution in [0.15, 0.2) is 41.0 Å². The van der Waals surface area contributed by atoms with Gasteiger partial charge in [0, 0.05) is 11.3 Å². The van der Waals surface area contributed by atoms with Crippen LogP contribution in [0.1, 0.15) is 47.1 Å². The second-order valence-corrected chi connectivity index (χ2v) is 7.40. The molecule has 2 aliphatic heterocycles. The van der Waals surface area contributed by atoms with Gasteiger partial charge in [0.2, 0.25) is 0 Å². The van der Waals surface area contributed by atoms with Crippen molar-refractivity contribution in [1.29, 1.82) is 0 Å². The standard InChI is InChI=1S/C18H25BN2O2/c1-12-11-13(2)21-16(20-12)14-7-9-15(10-8-14)19-22-17(3,4)18(5,6)23-19/h7-12H,1-6H3,(H,20,21). The number of amidine groups is 1. The molecule has 1 saturated heterocycles. The van der Waals surface area contributed by atoms with E-state index >= 15 is 0 Å². The van der Waals surface area contributed by atoms with Gasteiger partial charge in [-0.15, -0.1) is 0 Å². The highest BCUT2D eigenvalue weighted by atomic mass is 16.7. The summed E-state index contributed by atoms with van der Waals surface area (Å²) in [6.45, 7) is 12.4. The molecule has 0 aromatic heterocycles. The predicted octanol–water partition coefficient (Wildman–Crippen LogP) is 2.63. The molecule has 0 amide bonds. The van der Waals surface area contributed by atoms with Crippen molar-refractivity contribution in [3.63, 3.8) is 0 Å². The summed E-state index contributed by atoms with van der Waals surface area (Å²) in [6, 6.07) is 8.45. The van der Waals surface area contributed by atoms with Crippen LogP contribution in [0.3, 0.4) is 0 Å². The van der Waals surface area contributed by atoms with Gasteiger partial charge in [-0.1, -0.05) is 24.3 Å². The zero-order valence-corrected chi connectivity index (χ0v) is 14.8. The van der Waals surface area contributed by atoms with E-state index in [0.29, 0.717) is 0 Å². The molecule has 2 aliphatic rings. The molecule has 1 atom stereocenters. The van der Waals surface area contributed by atoms with Crippen LogP contribution in [0.4, 0.5) is 0 Å². The van der Waals surface area contributed by atoms with Crippen molar-refractivity contribution in [2.75, 3.05) is 0 Å². The van der Waals surface area contributed by atoms with E-state index in [4.69, 9.17) is 9.31 Å². The van der Waals surface area contributed by atoms with Gasteiger partial charge in [-0.2, -0.15) is 0 Å². The van der Waals surface area contributed by atoms with Gasteiger partial charge in [-0.05, 0) is 53.1 Å². The Hall–Kier alpha value is -1.59. The number of aliphatic imine (C=N–C) groups is 1. The minimum atomic E-state index is -0.323. The highest BCUT2D eigenvalue weighted by Gasteiger charge is 2.51. The van der Waals surface area contributed by atoms with Crippen molar-refractivity contribution in [3.05, 3.63) is 41.6 Å². The molecule has 0 radical (unpaired) electrons. The lowest BCUT2D eigenvalue weighted by Crippen LogP contribution is -2.41. The Morgan fingerprint density at radius 2 is 1.61 bits per heavy atom.